The molecule has 1 aromatic carbocycles. The maximum absolute atomic E-state index is 13.7. The van der Waals surface area contributed by atoms with Gasteiger partial charge in [-0.1, -0.05) is 0 Å². The molecule has 1 atom stereocenters. The van der Waals surface area contributed by atoms with Crippen LogP contribution in [-0.2, 0) is 11.3 Å². The molecule has 0 spiro atoms. The molecule has 6 nitrogen and oxygen atoms in total. The Morgan fingerprint density at radius 1 is 1.59 bits per heavy atom. The Labute approximate surface area is 127 Å². The van der Waals surface area contributed by atoms with E-state index in [0.29, 0.717) is 25.1 Å². The molecule has 0 unspecified atom stereocenters. The van der Waals surface area contributed by atoms with Gasteiger partial charge in [0.2, 0.25) is 5.91 Å². The molecule has 2 N–H and O–H groups in total. The Kier molecular flexibility index (Phi) is 4.94. The average Bonchev–Trinajstić information content (AvgIpc) is 2.68. The summed E-state index contributed by atoms with van der Waals surface area (Å²) >= 11 is 0. The molecule has 0 aliphatic carbocycles. The monoisotopic (exact) mass is 304 g/mol. The quantitative estimate of drug-likeness (QED) is 0.858. The van der Waals surface area contributed by atoms with Crippen LogP contribution in [0.2, 0.25) is 0 Å². The number of benzene rings is 1. The third-order valence-electron chi connectivity index (χ3n) is 3.59. The first kappa shape index (κ1) is 15.8. The second-order valence-electron chi connectivity index (χ2n) is 5.09. The number of carbonyl (C=O) groups is 2. The number of hydrogen-bond acceptors (Lipinski definition) is 3. The van der Waals surface area contributed by atoms with Crippen molar-refractivity contribution in [2.75, 3.05) is 13.1 Å². The minimum atomic E-state index is -0.571. The number of rotatable bonds is 2. The van der Waals surface area contributed by atoms with Crippen molar-refractivity contribution in [3.05, 3.63) is 35.1 Å². The lowest BCUT2D eigenvalue weighted by atomic mass is 10.1. The molecule has 7 heteroatoms. The van der Waals surface area contributed by atoms with Crippen molar-refractivity contribution in [3.63, 3.8) is 0 Å². The van der Waals surface area contributed by atoms with E-state index in [1.807, 2.05) is 6.07 Å². The van der Waals surface area contributed by atoms with Gasteiger partial charge in [0.1, 0.15) is 11.9 Å². The lowest BCUT2D eigenvalue weighted by Crippen LogP contribution is -2.49. The summed E-state index contributed by atoms with van der Waals surface area (Å²) in [5.41, 5.74) is 0.562. The van der Waals surface area contributed by atoms with Crippen molar-refractivity contribution in [2.24, 2.45) is 0 Å². The van der Waals surface area contributed by atoms with Gasteiger partial charge in [-0.3, -0.25) is 4.79 Å². The summed E-state index contributed by atoms with van der Waals surface area (Å²) in [5.74, 6) is -0.689. The maximum Gasteiger partial charge on any atom is 0.318 e. The summed E-state index contributed by atoms with van der Waals surface area (Å²) in [7, 11) is 0. The fraction of sp³-hybridized carbons (Fsp3) is 0.400. The summed E-state index contributed by atoms with van der Waals surface area (Å²) < 4.78 is 13.7. The Bertz CT molecular complexity index is 626. The normalized spacial score (nSPS) is 18.1. The van der Waals surface area contributed by atoms with Crippen molar-refractivity contribution >= 4 is 11.9 Å². The predicted molar refractivity (Wildman–Crippen MR) is 77.1 cm³/mol. The van der Waals surface area contributed by atoms with Gasteiger partial charge in [-0.15, -0.1) is 0 Å². The van der Waals surface area contributed by atoms with Crippen LogP contribution in [-0.4, -0.2) is 36.0 Å². The van der Waals surface area contributed by atoms with Crippen molar-refractivity contribution in [3.8, 4) is 6.07 Å². The van der Waals surface area contributed by atoms with Gasteiger partial charge in [-0.2, -0.15) is 5.26 Å². The molecule has 2 rings (SSSR count). The summed E-state index contributed by atoms with van der Waals surface area (Å²) in [5, 5.41) is 14.1. The van der Waals surface area contributed by atoms with Gasteiger partial charge in [0.15, 0.2) is 0 Å². The molecule has 1 saturated heterocycles. The Morgan fingerprint density at radius 3 is 3.09 bits per heavy atom. The zero-order valence-corrected chi connectivity index (χ0v) is 12.2. The second kappa shape index (κ2) is 6.89. The van der Waals surface area contributed by atoms with E-state index >= 15 is 0 Å². The Morgan fingerprint density at radius 2 is 2.36 bits per heavy atom. The van der Waals surface area contributed by atoms with Gasteiger partial charge >= 0.3 is 6.03 Å². The summed E-state index contributed by atoms with van der Waals surface area (Å²) in [4.78, 5) is 25.3. The van der Waals surface area contributed by atoms with Crippen molar-refractivity contribution in [1.82, 2.24) is 15.5 Å². The van der Waals surface area contributed by atoms with E-state index in [4.69, 9.17) is 5.26 Å². The lowest BCUT2D eigenvalue weighted by Gasteiger charge is -2.25. The molecular formula is C15H17FN4O2. The first-order chi connectivity index (χ1) is 10.5. The highest BCUT2D eigenvalue weighted by Gasteiger charge is 2.27. The molecule has 0 aromatic heterocycles. The Balaban J connectivity index is 2.03. The number of nitrogens with zero attached hydrogens (tertiary/aromatic N) is 2. The number of hydrogen-bond donors (Lipinski definition) is 2. The van der Waals surface area contributed by atoms with E-state index in [-0.39, 0.29) is 18.0 Å². The number of nitriles is 1. The smallest absolute Gasteiger partial charge is 0.318 e. The van der Waals surface area contributed by atoms with Crippen molar-refractivity contribution < 1.29 is 14.0 Å². The molecule has 1 aliphatic rings. The third kappa shape index (κ3) is 3.52. The molecule has 0 radical (unpaired) electrons. The fourth-order valence-electron chi connectivity index (χ4n) is 2.27. The second-order valence-corrected chi connectivity index (χ2v) is 5.09. The molecule has 1 heterocycles. The molecule has 1 aromatic rings. The lowest BCUT2D eigenvalue weighted by molar-refractivity contribution is -0.124. The summed E-state index contributed by atoms with van der Waals surface area (Å²) in [6.07, 6.45) is 0.668. The highest BCUT2D eigenvalue weighted by molar-refractivity contribution is 5.87. The first-order valence-corrected chi connectivity index (χ1v) is 7.03. The largest absolute Gasteiger partial charge is 0.354 e. The zero-order chi connectivity index (χ0) is 16.1. The molecule has 22 heavy (non-hydrogen) atoms. The average molecular weight is 304 g/mol. The molecular weight excluding hydrogens is 287 g/mol. The molecule has 1 aliphatic heterocycles. The van der Waals surface area contributed by atoms with Gasteiger partial charge in [0.25, 0.3) is 0 Å². The molecule has 1 fully saturated rings. The van der Waals surface area contributed by atoms with E-state index < -0.39 is 17.9 Å². The maximum atomic E-state index is 13.7. The fourth-order valence-corrected chi connectivity index (χ4v) is 2.27. The van der Waals surface area contributed by atoms with Crippen LogP contribution in [0, 0.1) is 17.1 Å². The van der Waals surface area contributed by atoms with Crippen LogP contribution in [0.5, 0.6) is 0 Å². The van der Waals surface area contributed by atoms with E-state index in [1.54, 1.807) is 6.92 Å². The van der Waals surface area contributed by atoms with Crippen LogP contribution in [0.1, 0.15) is 24.5 Å². The minimum Gasteiger partial charge on any atom is -0.354 e. The van der Waals surface area contributed by atoms with E-state index in [2.05, 4.69) is 10.6 Å². The van der Waals surface area contributed by atoms with Crippen LogP contribution < -0.4 is 10.6 Å². The molecule has 0 bridgehead atoms. The van der Waals surface area contributed by atoms with Gasteiger partial charge < -0.3 is 15.5 Å². The third-order valence-corrected chi connectivity index (χ3v) is 3.59. The standard InChI is InChI=1S/C15H17FN4O2/c1-10-14(21)18-5-2-6-20(10)15(22)19-9-12-7-11(8-17)3-4-13(12)16/h3-4,7,10H,2,5-6,9H2,1H3,(H,18,21)(H,19,22)/t10-/m1/s1. The SMILES string of the molecule is C[C@@H]1C(=O)NCCCN1C(=O)NCc1cc(C#N)ccc1F. The summed E-state index contributed by atoms with van der Waals surface area (Å²) in [6.45, 7) is 2.60. The molecule has 3 amide bonds. The van der Waals surface area contributed by atoms with Gasteiger partial charge in [0, 0.05) is 25.2 Å². The van der Waals surface area contributed by atoms with E-state index in [1.165, 1.54) is 23.1 Å². The molecule has 0 saturated carbocycles. The number of nitrogens with one attached hydrogen (secondary N) is 2. The highest BCUT2D eigenvalue weighted by atomic mass is 19.1. The predicted octanol–water partition coefficient (Wildman–Crippen LogP) is 1.12. The number of urea groups is 1. The first-order valence-electron chi connectivity index (χ1n) is 7.03. The number of amides is 3. The van der Waals surface area contributed by atoms with Crippen LogP contribution in [0.15, 0.2) is 18.2 Å². The van der Waals surface area contributed by atoms with E-state index in [0.717, 1.165) is 0 Å². The van der Waals surface area contributed by atoms with Gasteiger partial charge in [-0.05, 0) is 31.5 Å². The molecule has 116 valence electrons. The number of halogens is 1. The van der Waals surface area contributed by atoms with Crippen LogP contribution in [0.4, 0.5) is 9.18 Å². The number of carbonyl (C=O) groups excluding carboxylic acids is 2. The zero-order valence-electron chi connectivity index (χ0n) is 12.2. The topological polar surface area (TPSA) is 85.2 Å². The van der Waals surface area contributed by atoms with Crippen LogP contribution >= 0.6 is 0 Å². The summed E-state index contributed by atoms with van der Waals surface area (Å²) in [6, 6.07) is 4.90. The van der Waals surface area contributed by atoms with Crippen LogP contribution in [0.3, 0.4) is 0 Å². The van der Waals surface area contributed by atoms with Gasteiger partial charge in [-0.25, -0.2) is 9.18 Å². The minimum absolute atomic E-state index is 0.0367. The van der Waals surface area contributed by atoms with Crippen LogP contribution in [0.25, 0.3) is 0 Å². The van der Waals surface area contributed by atoms with E-state index in [9.17, 15) is 14.0 Å². The van der Waals surface area contributed by atoms with Crippen molar-refractivity contribution in [2.45, 2.75) is 25.9 Å². The van der Waals surface area contributed by atoms with Crippen molar-refractivity contribution in [1.29, 1.82) is 5.26 Å². The Hall–Kier alpha value is -2.62. The van der Waals surface area contributed by atoms with Gasteiger partial charge in [0.05, 0.1) is 11.6 Å². The highest BCUT2D eigenvalue weighted by Crippen LogP contribution is 2.11.